The summed E-state index contributed by atoms with van der Waals surface area (Å²) in [5, 5.41) is 0. The van der Waals surface area contributed by atoms with Crippen LogP contribution in [-0.4, -0.2) is 0 Å². The number of hydrogen-bond acceptors (Lipinski definition) is 7. The number of rotatable bonds is 8. The van der Waals surface area contributed by atoms with Crippen molar-refractivity contribution in [3.8, 4) is 23.0 Å². The summed E-state index contributed by atoms with van der Waals surface area (Å²) < 4.78 is 119. The van der Waals surface area contributed by atoms with Crippen molar-refractivity contribution >= 4 is 43.7 Å². The van der Waals surface area contributed by atoms with Crippen molar-refractivity contribution in [1.82, 2.24) is 0 Å². The molecule has 0 fully saturated rings. The van der Waals surface area contributed by atoms with Gasteiger partial charge in [0.25, 0.3) is 0 Å². The molecule has 1 aliphatic heterocycles. The average Bonchev–Trinajstić information content (AvgIpc) is 2.91. The molecule has 3 unspecified atom stereocenters. The average molecular weight is 742 g/mol. The minimum absolute atomic E-state index is 0.121. The van der Waals surface area contributed by atoms with E-state index >= 15 is 0 Å². The second-order valence-electron chi connectivity index (χ2n) is 9.75. The van der Waals surface area contributed by atoms with Crippen LogP contribution < -0.4 is 18.1 Å². The zero-order valence-electron chi connectivity index (χ0n) is 23.6. The number of benzene rings is 4. The molecule has 1 aliphatic rings. The summed E-state index contributed by atoms with van der Waals surface area (Å²) in [6.07, 6.45) is -9.45. The predicted octanol–water partition coefficient (Wildman–Crippen LogP) is 13.3. The van der Waals surface area contributed by atoms with E-state index in [1.54, 1.807) is 56.3 Å². The molecule has 5 rings (SSSR count). The maximum absolute atomic E-state index is 13.6. The molecule has 0 bridgehead atoms. The molecule has 0 amide bonds. The van der Waals surface area contributed by atoms with E-state index < -0.39 is 44.7 Å². The highest BCUT2D eigenvalue weighted by Gasteiger charge is 2.44. The lowest BCUT2D eigenvalue weighted by Crippen LogP contribution is -2.07. The fourth-order valence-electron chi connectivity index (χ4n) is 3.98. The van der Waals surface area contributed by atoms with E-state index in [1.165, 1.54) is 18.2 Å². The van der Waals surface area contributed by atoms with Gasteiger partial charge in [-0.2, -0.15) is 26.3 Å². The Morgan fingerprint density at radius 3 is 1.30 bits per heavy atom. The van der Waals surface area contributed by atoms with Gasteiger partial charge >= 0.3 is 33.6 Å². The van der Waals surface area contributed by atoms with Gasteiger partial charge < -0.3 is 18.1 Å². The van der Waals surface area contributed by atoms with Crippen molar-refractivity contribution in [2.75, 3.05) is 0 Å². The van der Waals surface area contributed by atoms with E-state index in [9.17, 15) is 26.3 Å². The van der Waals surface area contributed by atoms with E-state index in [1.807, 2.05) is 0 Å². The monoisotopic (exact) mass is 741 g/mol. The summed E-state index contributed by atoms with van der Waals surface area (Å²) in [7, 11) is -4.35. The van der Waals surface area contributed by atoms with Crippen LogP contribution in [0.25, 0.3) is 0 Å². The normalized spacial score (nSPS) is 22.9. The van der Waals surface area contributed by atoms with E-state index in [4.69, 9.17) is 40.6 Å². The molecule has 18 heteroatoms. The van der Waals surface area contributed by atoms with Crippen LogP contribution in [0.15, 0.2) is 111 Å². The second kappa shape index (κ2) is 12.9. The molecule has 7 nitrogen and oxygen atoms in total. The molecule has 244 valence electrons. The molecule has 0 saturated carbocycles. The first-order chi connectivity index (χ1) is 21.4. The molecule has 0 spiro atoms. The number of halogens is 8. The Morgan fingerprint density at radius 1 is 0.500 bits per heavy atom. The Hall–Kier alpha value is -3.07. The molecule has 4 aromatic rings. The van der Waals surface area contributed by atoms with Gasteiger partial charge in [-0.15, -0.1) is 13.5 Å². The van der Waals surface area contributed by atoms with Crippen molar-refractivity contribution < 1.29 is 44.4 Å². The smallest absolute Gasteiger partial charge is 0.431 e. The third kappa shape index (κ3) is 8.64. The number of aryl methyl sites for hydroxylation is 2. The van der Waals surface area contributed by atoms with Gasteiger partial charge in [-0.3, -0.25) is 0 Å². The molecule has 3 atom stereocenters. The van der Waals surface area contributed by atoms with Gasteiger partial charge in [-0.1, -0.05) is 36.4 Å². The maximum atomic E-state index is 13.6. The van der Waals surface area contributed by atoms with Gasteiger partial charge in [-0.25, -0.2) is 0 Å². The summed E-state index contributed by atoms with van der Waals surface area (Å²) in [5.41, 5.74) is -0.593. The van der Waals surface area contributed by atoms with Gasteiger partial charge in [0.05, 0.1) is 11.1 Å². The first kappa shape index (κ1) is 34.3. The van der Waals surface area contributed by atoms with Crippen LogP contribution in [0, 0.1) is 13.8 Å². The largest absolute Gasteiger partial charge is 0.457 e. The SMILES string of the molecule is Cc1cccc(OP2(Cl)=NP(Oc3cccc(C)c3)(Oc3cccc(C(F)(F)F)c3)=NP(Cl)(Oc3cccc(C(F)(F)F)c3)=N2)c1. The van der Waals surface area contributed by atoms with Crippen LogP contribution in [0.5, 0.6) is 23.0 Å². The minimum Gasteiger partial charge on any atom is -0.431 e. The summed E-state index contributed by atoms with van der Waals surface area (Å²) in [5.74, 6) is -0.436. The Kier molecular flexibility index (Phi) is 9.57. The highest BCUT2D eigenvalue weighted by atomic mass is 35.7. The van der Waals surface area contributed by atoms with E-state index in [0.29, 0.717) is 12.1 Å². The molecule has 0 N–H and O–H groups in total. The predicted molar refractivity (Wildman–Crippen MR) is 168 cm³/mol. The molecule has 1 heterocycles. The van der Waals surface area contributed by atoms with E-state index in [2.05, 4.69) is 13.5 Å². The second-order valence-corrected chi connectivity index (χ2v) is 18.1. The zero-order valence-corrected chi connectivity index (χ0v) is 27.8. The zero-order chi connectivity index (χ0) is 33.4. The molecule has 0 radical (unpaired) electrons. The Labute approximate surface area is 269 Å². The fourth-order valence-corrected chi connectivity index (χ4v) is 15.4. The van der Waals surface area contributed by atoms with Gasteiger partial charge in [-0.05, 0) is 108 Å². The molecular weight excluding hydrogens is 720 g/mol. The Morgan fingerprint density at radius 2 is 0.870 bits per heavy atom. The number of nitrogens with zero attached hydrogens (tertiary/aromatic N) is 3. The first-order valence-electron chi connectivity index (χ1n) is 13.0. The molecule has 46 heavy (non-hydrogen) atoms. The minimum atomic E-state index is -4.73. The fraction of sp³-hybridized carbons (Fsp3) is 0.143. The summed E-state index contributed by atoms with van der Waals surface area (Å²) >= 11 is 13.8. The van der Waals surface area contributed by atoms with Gasteiger partial charge in [0.2, 0.25) is 0 Å². The summed E-state index contributed by atoms with van der Waals surface area (Å²) in [6.45, 7) is -4.80. The van der Waals surface area contributed by atoms with Gasteiger partial charge in [0, 0.05) is 0 Å². The van der Waals surface area contributed by atoms with Crippen LogP contribution in [0.3, 0.4) is 0 Å². The molecule has 0 aromatic heterocycles. The van der Waals surface area contributed by atoms with Crippen LogP contribution in [-0.2, 0) is 12.4 Å². The topological polar surface area (TPSA) is 74.0 Å². The van der Waals surface area contributed by atoms with Crippen molar-refractivity contribution in [2.45, 2.75) is 26.2 Å². The number of hydrogen-bond donors (Lipinski definition) is 0. The first-order valence-corrected chi connectivity index (χ1v) is 19.6. The van der Waals surface area contributed by atoms with Gasteiger partial charge in [0.1, 0.15) is 23.0 Å². The lowest BCUT2D eigenvalue weighted by molar-refractivity contribution is -0.138. The van der Waals surface area contributed by atoms with Crippen molar-refractivity contribution in [2.24, 2.45) is 13.5 Å². The maximum Gasteiger partial charge on any atom is 0.457 e. The van der Waals surface area contributed by atoms with Crippen molar-refractivity contribution in [3.63, 3.8) is 0 Å². The van der Waals surface area contributed by atoms with Crippen LogP contribution in [0.4, 0.5) is 26.3 Å². The van der Waals surface area contributed by atoms with Crippen LogP contribution in [0.2, 0.25) is 0 Å². The third-order valence-corrected chi connectivity index (χ3v) is 15.8. The number of alkyl halides is 6. The lowest BCUT2D eigenvalue weighted by atomic mass is 10.2. The van der Waals surface area contributed by atoms with Gasteiger partial charge in [0.15, 0.2) is 0 Å². The Bertz CT molecular complexity index is 1960. The quantitative estimate of drug-likeness (QED) is 0.133. The van der Waals surface area contributed by atoms with Crippen LogP contribution >= 0.6 is 43.7 Å². The van der Waals surface area contributed by atoms with Crippen molar-refractivity contribution in [3.05, 3.63) is 119 Å². The van der Waals surface area contributed by atoms with Crippen molar-refractivity contribution in [1.29, 1.82) is 0 Å². The molecule has 4 aromatic carbocycles. The lowest BCUT2D eigenvalue weighted by Gasteiger charge is -2.30. The summed E-state index contributed by atoms with van der Waals surface area (Å²) in [6, 6.07) is 20.7. The highest BCUT2D eigenvalue weighted by Crippen LogP contribution is 2.81. The third-order valence-electron chi connectivity index (χ3n) is 5.86. The van der Waals surface area contributed by atoms with Crippen LogP contribution in [0.1, 0.15) is 22.3 Å². The van der Waals surface area contributed by atoms with E-state index in [0.717, 1.165) is 35.4 Å². The summed E-state index contributed by atoms with van der Waals surface area (Å²) in [4.78, 5) is 0. The van der Waals surface area contributed by atoms with E-state index in [-0.39, 0.29) is 23.0 Å². The molecule has 0 saturated heterocycles. The molecular formula is C28H22Cl2F6N3O4P3. The standard InChI is InChI=1S/C28H22Cl2F6N3O4P3/c1-19-7-3-11-23(15-19)40-44(29)37-45(30,41-25-13-5-9-21(17-25)27(31,32)33)39-46(38-44,42-24-12-4-8-20(2)16-24)43-26-14-6-10-22(18-26)28(34,35)36/h3-18H,1-2H3. The molecule has 0 aliphatic carbocycles. The highest BCUT2D eigenvalue weighted by molar-refractivity contribution is 8.00. The Balaban J connectivity index is 1.74.